The van der Waals surface area contributed by atoms with E-state index in [9.17, 15) is 26.4 Å². The van der Waals surface area contributed by atoms with E-state index in [-0.39, 0.29) is 41.4 Å². The van der Waals surface area contributed by atoms with Gasteiger partial charge in [0.15, 0.2) is 0 Å². The number of hydrogen-bond donors (Lipinski definition) is 1. The van der Waals surface area contributed by atoms with E-state index >= 15 is 0 Å². The van der Waals surface area contributed by atoms with Crippen LogP contribution in [-0.2, 0) is 20.9 Å². The van der Waals surface area contributed by atoms with Crippen LogP contribution in [0.25, 0.3) is 0 Å². The zero-order valence-electron chi connectivity index (χ0n) is 16.3. The Balaban J connectivity index is 1.82. The first-order valence-corrected chi connectivity index (χ1v) is 10.6. The number of nitrogens with one attached hydrogen (secondary N) is 1. The molecule has 2 aromatic carbocycles. The molecule has 1 fully saturated rings. The van der Waals surface area contributed by atoms with Crippen molar-refractivity contribution in [3.8, 4) is 0 Å². The minimum atomic E-state index is -4.54. The van der Waals surface area contributed by atoms with Crippen LogP contribution < -0.4 is 5.32 Å². The molecule has 1 amide bonds. The van der Waals surface area contributed by atoms with E-state index in [1.165, 1.54) is 40.7 Å². The fraction of sp³-hybridized carbons (Fsp3) is 0.350. The van der Waals surface area contributed by atoms with Crippen LogP contribution in [0.2, 0.25) is 0 Å². The number of amides is 1. The van der Waals surface area contributed by atoms with Gasteiger partial charge in [0.25, 0.3) is 5.91 Å². The highest BCUT2D eigenvalue weighted by Crippen LogP contribution is 2.31. The molecule has 1 heterocycles. The Bertz CT molecular complexity index is 1030. The molecule has 3 rings (SSSR count). The lowest BCUT2D eigenvalue weighted by molar-refractivity contribution is -0.137. The molecule has 0 aromatic heterocycles. The Morgan fingerprint density at radius 3 is 2.33 bits per heavy atom. The van der Waals surface area contributed by atoms with Gasteiger partial charge in [-0.3, -0.25) is 4.79 Å². The van der Waals surface area contributed by atoms with Gasteiger partial charge in [-0.2, -0.15) is 17.5 Å². The second-order valence-corrected chi connectivity index (χ2v) is 9.08. The number of nitrogens with zero attached hydrogens (tertiary/aromatic N) is 1. The standard InChI is InChI=1S/C20H21F3N2O4S/c1-13-11-25(12-14(2)29-13)30(27,28)18-8-3-5-15(9-18)19(26)24-17-7-4-6-16(10-17)20(21,22)23/h3-10,13-14H,11-12H2,1-2H3,(H,24,26)/t13-,14-/m0/s1. The summed E-state index contributed by atoms with van der Waals surface area (Å²) < 4.78 is 71.4. The molecule has 0 aliphatic carbocycles. The predicted molar refractivity (Wildman–Crippen MR) is 105 cm³/mol. The molecule has 1 aliphatic rings. The number of halogens is 3. The molecule has 0 spiro atoms. The van der Waals surface area contributed by atoms with Crippen LogP contribution in [0.4, 0.5) is 18.9 Å². The van der Waals surface area contributed by atoms with E-state index in [0.717, 1.165) is 12.1 Å². The SMILES string of the molecule is C[C@H]1CN(S(=O)(=O)c2cccc(C(=O)Nc3cccc(C(F)(F)F)c3)c2)C[C@H](C)O1. The average Bonchev–Trinajstić information content (AvgIpc) is 2.67. The van der Waals surface area contributed by atoms with Gasteiger partial charge < -0.3 is 10.1 Å². The average molecular weight is 442 g/mol. The van der Waals surface area contributed by atoms with Crippen LogP contribution in [-0.4, -0.2) is 43.9 Å². The maximum absolute atomic E-state index is 13.0. The number of carbonyl (C=O) groups excluding carboxylic acids is 1. The van der Waals surface area contributed by atoms with E-state index < -0.39 is 27.7 Å². The monoisotopic (exact) mass is 442 g/mol. The minimum Gasteiger partial charge on any atom is -0.373 e. The molecule has 1 aliphatic heterocycles. The van der Waals surface area contributed by atoms with Crippen LogP contribution in [0.15, 0.2) is 53.4 Å². The summed E-state index contributed by atoms with van der Waals surface area (Å²) in [5.41, 5.74) is -0.922. The third-order valence-electron chi connectivity index (χ3n) is 4.57. The van der Waals surface area contributed by atoms with Crippen molar-refractivity contribution in [1.82, 2.24) is 4.31 Å². The topological polar surface area (TPSA) is 75.7 Å². The molecule has 1 saturated heterocycles. The van der Waals surface area contributed by atoms with E-state index in [1.54, 1.807) is 13.8 Å². The summed E-state index contributed by atoms with van der Waals surface area (Å²) in [7, 11) is -3.86. The molecule has 6 nitrogen and oxygen atoms in total. The summed E-state index contributed by atoms with van der Waals surface area (Å²) >= 11 is 0. The molecule has 2 atom stereocenters. The van der Waals surface area contributed by atoms with Crippen molar-refractivity contribution in [2.45, 2.75) is 37.1 Å². The molecule has 162 valence electrons. The van der Waals surface area contributed by atoms with Gasteiger partial charge in [0.05, 0.1) is 22.7 Å². The molecular formula is C20H21F3N2O4S. The summed E-state index contributed by atoms with van der Waals surface area (Å²) in [6.45, 7) is 3.93. The highest BCUT2D eigenvalue weighted by molar-refractivity contribution is 7.89. The zero-order valence-corrected chi connectivity index (χ0v) is 17.1. The van der Waals surface area contributed by atoms with Crippen molar-refractivity contribution in [3.05, 3.63) is 59.7 Å². The first kappa shape index (κ1) is 22.3. The zero-order chi connectivity index (χ0) is 22.1. The lowest BCUT2D eigenvalue weighted by atomic mass is 10.1. The van der Waals surface area contributed by atoms with E-state index in [2.05, 4.69) is 5.32 Å². The third kappa shape index (κ3) is 5.00. The highest BCUT2D eigenvalue weighted by Gasteiger charge is 2.33. The van der Waals surface area contributed by atoms with E-state index in [4.69, 9.17) is 4.74 Å². The number of sulfonamides is 1. The smallest absolute Gasteiger partial charge is 0.373 e. The fourth-order valence-corrected chi connectivity index (χ4v) is 4.89. The largest absolute Gasteiger partial charge is 0.416 e. The molecule has 0 bridgehead atoms. The van der Waals surface area contributed by atoms with E-state index in [1.807, 2.05) is 0 Å². The van der Waals surface area contributed by atoms with Crippen LogP contribution in [0.1, 0.15) is 29.8 Å². The van der Waals surface area contributed by atoms with Crippen molar-refractivity contribution in [2.24, 2.45) is 0 Å². The Labute approximate surface area is 172 Å². The van der Waals surface area contributed by atoms with Gasteiger partial charge in [-0.15, -0.1) is 0 Å². The Morgan fingerprint density at radius 2 is 1.70 bits per heavy atom. The van der Waals surface area contributed by atoms with Crippen LogP contribution in [0.5, 0.6) is 0 Å². The Kier molecular flexibility index (Phi) is 6.21. The van der Waals surface area contributed by atoms with Gasteiger partial charge in [0.2, 0.25) is 10.0 Å². The molecule has 0 saturated carbocycles. The summed E-state index contributed by atoms with van der Waals surface area (Å²) in [6, 6.07) is 9.62. The van der Waals surface area contributed by atoms with Gasteiger partial charge >= 0.3 is 6.18 Å². The number of ether oxygens (including phenoxy) is 1. The Morgan fingerprint density at radius 1 is 1.07 bits per heavy atom. The van der Waals surface area contributed by atoms with Gasteiger partial charge in [0, 0.05) is 24.3 Å². The maximum Gasteiger partial charge on any atom is 0.416 e. The summed E-state index contributed by atoms with van der Waals surface area (Å²) in [6.07, 6.45) is -5.08. The quantitative estimate of drug-likeness (QED) is 0.783. The number of alkyl halides is 3. The molecule has 1 N–H and O–H groups in total. The van der Waals surface area contributed by atoms with Gasteiger partial charge in [-0.25, -0.2) is 8.42 Å². The Hall–Kier alpha value is -2.43. The molecule has 10 heteroatoms. The lowest BCUT2D eigenvalue weighted by Crippen LogP contribution is -2.48. The second-order valence-electron chi connectivity index (χ2n) is 7.14. The summed E-state index contributed by atoms with van der Waals surface area (Å²) in [4.78, 5) is 12.4. The molecule has 0 unspecified atom stereocenters. The molecule has 0 radical (unpaired) electrons. The van der Waals surface area contributed by atoms with Gasteiger partial charge in [-0.1, -0.05) is 12.1 Å². The van der Waals surface area contributed by atoms with Crippen molar-refractivity contribution < 1.29 is 31.1 Å². The van der Waals surface area contributed by atoms with Crippen LogP contribution in [0, 0.1) is 0 Å². The molecule has 2 aromatic rings. The predicted octanol–water partition coefficient (Wildman–Crippen LogP) is 3.76. The molecule has 30 heavy (non-hydrogen) atoms. The minimum absolute atomic E-state index is 0.0165. The normalized spacial score (nSPS) is 20.7. The second kappa shape index (κ2) is 8.37. The first-order valence-electron chi connectivity index (χ1n) is 9.21. The maximum atomic E-state index is 13.0. The number of carbonyl (C=O) groups is 1. The highest BCUT2D eigenvalue weighted by atomic mass is 32.2. The summed E-state index contributed by atoms with van der Waals surface area (Å²) in [5.74, 6) is -0.713. The van der Waals surface area contributed by atoms with Crippen LogP contribution >= 0.6 is 0 Å². The first-order chi connectivity index (χ1) is 14.0. The number of rotatable bonds is 4. The summed E-state index contributed by atoms with van der Waals surface area (Å²) in [5, 5.41) is 2.38. The third-order valence-corrected chi connectivity index (χ3v) is 6.40. The van der Waals surface area contributed by atoms with Crippen molar-refractivity contribution in [2.75, 3.05) is 18.4 Å². The number of benzene rings is 2. The van der Waals surface area contributed by atoms with Crippen molar-refractivity contribution >= 4 is 21.6 Å². The lowest BCUT2D eigenvalue weighted by Gasteiger charge is -2.34. The van der Waals surface area contributed by atoms with Gasteiger partial charge in [-0.05, 0) is 50.2 Å². The van der Waals surface area contributed by atoms with Crippen LogP contribution in [0.3, 0.4) is 0 Å². The number of morpholine rings is 1. The fourth-order valence-electron chi connectivity index (χ4n) is 3.25. The van der Waals surface area contributed by atoms with Crippen molar-refractivity contribution in [1.29, 1.82) is 0 Å². The van der Waals surface area contributed by atoms with E-state index in [0.29, 0.717) is 0 Å². The van der Waals surface area contributed by atoms with Crippen molar-refractivity contribution in [3.63, 3.8) is 0 Å². The van der Waals surface area contributed by atoms with Gasteiger partial charge in [0.1, 0.15) is 0 Å². The number of anilines is 1. The number of hydrogen-bond acceptors (Lipinski definition) is 4. The molecular weight excluding hydrogens is 421 g/mol.